The second-order valence-electron chi connectivity index (χ2n) is 1.56. The zero-order valence-corrected chi connectivity index (χ0v) is 4.98. The van der Waals surface area contributed by atoms with Gasteiger partial charge in [0.1, 0.15) is 6.23 Å². The molecule has 0 rings (SSSR count). The van der Waals surface area contributed by atoms with Crippen molar-refractivity contribution >= 4 is 0 Å². The van der Waals surface area contributed by atoms with Gasteiger partial charge in [-0.15, -0.1) is 0 Å². The molecule has 2 N–H and O–H groups in total. The van der Waals surface area contributed by atoms with Gasteiger partial charge >= 0.3 is 0 Å². The molecule has 0 unspecified atom stereocenters. The quantitative estimate of drug-likeness (QED) is 0.534. The van der Waals surface area contributed by atoms with Crippen LogP contribution in [0, 0.1) is 0 Å². The van der Waals surface area contributed by atoms with E-state index in [4.69, 9.17) is 10.5 Å². The van der Waals surface area contributed by atoms with Crippen molar-refractivity contribution in [3.05, 3.63) is 0 Å². The lowest BCUT2D eigenvalue weighted by Gasteiger charge is -2.04. The molecule has 0 amide bonds. The molecule has 0 saturated carbocycles. The molecule has 1 atom stereocenters. The van der Waals surface area contributed by atoms with Crippen LogP contribution >= 0.6 is 0 Å². The van der Waals surface area contributed by atoms with Gasteiger partial charge in [0, 0.05) is 7.11 Å². The highest BCUT2D eigenvalue weighted by atomic mass is 16.5. The van der Waals surface area contributed by atoms with Crippen LogP contribution in [0.5, 0.6) is 0 Å². The van der Waals surface area contributed by atoms with E-state index in [9.17, 15) is 0 Å². The van der Waals surface area contributed by atoms with Crippen LogP contribution in [0.4, 0.5) is 0 Å². The van der Waals surface area contributed by atoms with Crippen LogP contribution in [0.3, 0.4) is 0 Å². The average Bonchev–Trinajstić information content (AvgIpc) is 1.68. The molecule has 0 aliphatic rings. The lowest BCUT2D eigenvalue weighted by Crippen LogP contribution is -2.20. The molecule has 2 heteroatoms. The Morgan fingerprint density at radius 1 is 1.71 bits per heavy atom. The average molecular weight is 103 g/mol. The zero-order chi connectivity index (χ0) is 5.70. The van der Waals surface area contributed by atoms with Crippen LogP contribution in [0.25, 0.3) is 0 Å². The maximum absolute atomic E-state index is 5.36. The van der Waals surface area contributed by atoms with Gasteiger partial charge in [0.05, 0.1) is 0 Å². The molecular weight excluding hydrogens is 90.1 g/mol. The number of methoxy groups -OCH3 is 1. The Morgan fingerprint density at radius 3 is 2.43 bits per heavy atom. The number of ether oxygens (including phenoxy) is 1. The van der Waals surface area contributed by atoms with Gasteiger partial charge in [0.15, 0.2) is 0 Å². The normalized spacial score (nSPS) is 14.1. The summed E-state index contributed by atoms with van der Waals surface area (Å²) in [6.45, 7) is 2.08. The first-order chi connectivity index (χ1) is 3.31. The fraction of sp³-hybridized carbons (Fsp3) is 1.00. The zero-order valence-electron chi connectivity index (χ0n) is 4.98. The summed E-state index contributed by atoms with van der Waals surface area (Å²) in [4.78, 5) is 0. The van der Waals surface area contributed by atoms with Crippen LogP contribution in [-0.4, -0.2) is 13.3 Å². The largest absolute Gasteiger partial charge is 0.367 e. The number of nitrogens with two attached hydrogens (primary N) is 1. The smallest absolute Gasteiger partial charge is 0.105 e. The Morgan fingerprint density at radius 2 is 2.29 bits per heavy atom. The maximum Gasteiger partial charge on any atom is 0.105 e. The van der Waals surface area contributed by atoms with Gasteiger partial charge in [-0.2, -0.15) is 0 Å². The van der Waals surface area contributed by atoms with Crippen LogP contribution in [0.15, 0.2) is 0 Å². The first-order valence-electron chi connectivity index (χ1n) is 2.59. The summed E-state index contributed by atoms with van der Waals surface area (Å²) in [6, 6.07) is 0. The standard InChI is InChI=1S/C5H13NO/c1-3-4-5(6)7-2/h5H,3-4,6H2,1-2H3/t5-/m1/s1. The third-order valence-electron chi connectivity index (χ3n) is 0.876. The molecule has 0 heterocycles. The molecular formula is C5H13NO. The first kappa shape index (κ1) is 6.92. The molecule has 2 nitrogen and oxygen atoms in total. The van der Waals surface area contributed by atoms with Crippen molar-refractivity contribution in [1.82, 2.24) is 0 Å². The van der Waals surface area contributed by atoms with Crippen molar-refractivity contribution in [2.45, 2.75) is 26.0 Å². The highest BCUT2D eigenvalue weighted by molar-refractivity contribution is 4.41. The minimum atomic E-state index is -0.0509. The predicted octanol–water partition coefficient (Wildman–Crippen LogP) is 0.718. The predicted molar refractivity (Wildman–Crippen MR) is 29.9 cm³/mol. The van der Waals surface area contributed by atoms with E-state index >= 15 is 0 Å². The second kappa shape index (κ2) is 4.09. The lowest BCUT2D eigenvalue weighted by atomic mass is 10.3. The van der Waals surface area contributed by atoms with E-state index in [0.717, 1.165) is 12.8 Å². The van der Waals surface area contributed by atoms with E-state index in [-0.39, 0.29) is 6.23 Å². The molecule has 0 saturated heterocycles. The third kappa shape index (κ3) is 3.76. The van der Waals surface area contributed by atoms with Gasteiger partial charge in [-0.3, -0.25) is 0 Å². The summed E-state index contributed by atoms with van der Waals surface area (Å²) in [5.74, 6) is 0. The Hall–Kier alpha value is -0.0800. The number of rotatable bonds is 3. The molecule has 7 heavy (non-hydrogen) atoms. The monoisotopic (exact) mass is 103 g/mol. The van der Waals surface area contributed by atoms with Gasteiger partial charge < -0.3 is 10.5 Å². The highest BCUT2D eigenvalue weighted by Crippen LogP contribution is 1.90. The molecule has 0 aromatic carbocycles. The third-order valence-corrected chi connectivity index (χ3v) is 0.876. The van der Waals surface area contributed by atoms with Gasteiger partial charge in [0.2, 0.25) is 0 Å². The highest BCUT2D eigenvalue weighted by Gasteiger charge is 1.92. The van der Waals surface area contributed by atoms with E-state index in [1.807, 2.05) is 0 Å². The Balaban J connectivity index is 2.83. The molecule has 0 spiro atoms. The molecule has 0 aliphatic carbocycles. The van der Waals surface area contributed by atoms with Gasteiger partial charge in [-0.05, 0) is 6.42 Å². The Kier molecular flexibility index (Phi) is 4.04. The minimum absolute atomic E-state index is 0.0509. The van der Waals surface area contributed by atoms with Crippen molar-refractivity contribution in [1.29, 1.82) is 0 Å². The Bertz CT molecular complexity index is 39.1. The molecule has 0 fully saturated rings. The second-order valence-corrected chi connectivity index (χ2v) is 1.56. The SMILES string of the molecule is CCC[C@H](N)OC. The lowest BCUT2D eigenvalue weighted by molar-refractivity contribution is 0.100. The molecule has 44 valence electrons. The summed E-state index contributed by atoms with van der Waals surface area (Å²) >= 11 is 0. The number of hydrogen-bond donors (Lipinski definition) is 1. The van der Waals surface area contributed by atoms with Crippen LogP contribution in [-0.2, 0) is 4.74 Å². The fourth-order valence-corrected chi connectivity index (χ4v) is 0.402. The minimum Gasteiger partial charge on any atom is -0.367 e. The summed E-state index contributed by atoms with van der Waals surface area (Å²) in [5, 5.41) is 0. The van der Waals surface area contributed by atoms with Crippen molar-refractivity contribution in [2.24, 2.45) is 5.73 Å². The van der Waals surface area contributed by atoms with E-state index in [1.54, 1.807) is 7.11 Å². The molecule has 0 aromatic rings. The Labute approximate surface area is 44.7 Å². The van der Waals surface area contributed by atoms with E-state index < -0.39 is 0 Å². The van der Waals surface area contributed by atoms with Crippen molar-refractivity contribution in [2.75, 3.05) is 7.11 Å². The van der Waals surface area contributed by atoms with Gasteiger partial charge in [-0.1, -0.05) is 13.3 Å². The van der Waals surface area contributed by atoms with E-state index in [2.05, 4.69) is 6.92 Å². The van der Waals surface area contributed by atoms with E-state index in [1.165, 1.54) is 0 Å². The number of hydrogen-bond acceptors (Lipinski definition) is 2. The van der Waals surface area contributed by atoms with Crippen molar-refractivity contribution in [3.63, 3.8) is 0 Å². The molecule has 0 bridgehead atoms. The van der Waals surface area contributed by atoms with E-state index in [0.29, 0.717) is 0 Å². The van der Waals surface area contributed by atoms with Crippen LogP contribution in [0.1, 0.15) is 19.8 Å². The van der Waals surface area contributed by atoms with Crippen molar-refractivity contribution < 1.29 is 4.74 Å². The topological polar surface area (TPSA) is 35.2 Å². The molecule has 0 aromatic heterocycles. The summed E-state index contributed by atoms with van der Waals surface area (Å²) < 4.78 is 4.77. The first-order valence-corrected chi connectivity index (χ1v) is 2.59. The van der Waals surface area contributed by atoms with Gasteiger partial charge in [-0.25, -0.2) is 0 Å². The summed E-state index contributed by atoms with van der Waals surface area (Å²) in [7, 11) is 1.63. The van der Waals surface area contributed by atoms with Crippen molar-refractivity contribution in [3.8, 4) is 0 Å². The fourth-order valence-electron chi connectivity index (χ4n) is 0.402. The molecule has 0 aliphatic heterocycles. The maximum atomic E-state index is 5.36. The summed E-state index contributed by atoms with van der Waals surface area (Å²) in [5.41, 5.74) is 5.36. The summed E-state index contributed by atoms with van der Waals surface area (Å²) in [6.07, 6.45) is 2.00. The van der Waals surface area contributed by atoms with Crippen LogP contribution < -0.4 is 5.73 Å². The van der Waals surface area contributed by atoms with Crippen LogP contribution in [0.2, 0.25) is 0 Å². The van der Waals surface area contributed by atoms with Gasteiger partial charge in [0.25, 0.3) is 0 Å². The molecule has 0 radical (unpaired) electrons.